The van der Waals surface area contributed by atoms with E-state index in [4.69, 9.17) is 8.83 Å². The summed E-state index contributed by atoms with van der Waals surface area (Å²) in [5.41, 5.74) is 0.737. The average molecular weight is 350 g/mol. The third-order valence-electron chi connectivity index (χ3n) is 3.18. The first-order valence-electron chi connectivity index (χ1n) is 6.85. The van der Waals surface area contributed by atoms with Crippen molar-refractivity contribution >= 4 is 21.6 Å². The predicted octanol–water partition coefficient (Wildman–Crippen LogP) is 3.20. The third kappa shape index (κ3) is 3.65. The number of rotatable bonds is 6. The fraction of sp³-hybridized carbons (Fsp3) is 0.200. The van der Waals surface area contributed by atoms with E-state index in [2.05, 4.69) is 10.2 Å². The molecule has 0 atom stereocenters. The van der Waals surface area contributed by atoms with Gasteiger partial charge in [0.2, 0.25) is 0 Å². The molecule has 3 rings (SSSR count). The second-order valence-corrected chi connectivity index (χ2v) is 7.90. The van der Waals surface area contributed by atoms with Crippen molar-refractivity contribution in [1.29, 1.82) is 0 Å². The van der Waals surface area contributed by atoms with Crippen molar-refractivity contribution < 1.29 is 17.3 Å². The van der Waals surface area contributed by atoms with Crippen LogP contribution in [0.4, 0.5) is 0 Å². The molecule has 3 aromatic rings. The molecule has 0 radical (unpaired) electrons. The van der Waals surface area contributed by atoms with E-state index in [1.54, 1.807) is 49.6 Å². The van der Waals surface area contributed by atoms with Crippen LogP contribution in [-0.2, 0) is 9.84 Å². The molecule has 0 aliphatic rings. The summed E-state index contributed by atoms with van der Waals surface area (Å²) >= 11 is 1.22. The summed E-state index contributed by atoms with van der Waals surface area (Å²) < 4.78 is 35.0. The molecule has 0 bridgehead atoms. The summed E-state index contributed by atoms with van der Waals surface area (Å²) in [5, 5.41) is 8.20. The van der Waals surface area contributed by atoms with Crippen LogP contribution in [0.2, 0.25) is 0 Å². The molecule has 0 N–H and O–H groups in total. The molecule has 0 aliphatic carbocycles. The molecule has 1 aromatic carbocycles. The Morgan fingerprint density at radius 1 is 1.13 bits per heavy atom. The van der Waals surface area contributed by atoms with E-state index < -0.39 is 9.84 Å². The van der Waals surface area contributed by atoms with Crippen molar-refractivity contribution in [2.24, 2.45) is 0 Å². The smallest absolute Gasteiger partial charge is 0.276 e. The zero-order valence-electron chi connectivity index (χ0n) is 12.3. The van der Waals surface area contributed by atoms with E-state index in [0.717, 1.165) is 5.56 Å². The van der Waals surface area contributed by atoms with E-state index in [1.165, 1.54) is 11.8 Å². The summed E-state index contributed by atoms with van der Waals surface area (Å²) in [5.74, 6) is 1.40. The molecule has 6 nitrogen and oxygen atoms in total. The molecular formula is C15H14N2O4S2. The summed E-state index contributed by atoms with van der Waals surface area (Å²) in [6.45, 7) is 1.80. The lowest BCUT2D eigenvalue weighted by molar-refractivity contribution is 0.463. The van der Waals surface area contributed by atoms with E-state index >= 15 is 0 Å². The third-order valence-corrected chi connectivity index (χ3v) is 5.99. The van der Waals surface area contributed by atoms with E-state index in [-0.39, 0.29) is 5.75 Å². The molecule has 2 heterocycles. The van der Waals surface area contributed by atoms with Crippen molar-refractivity contribution in [1.82, 2.24) is 10.2 Å². The molecular weight excluding hydrogens is 336 g/mol. The highest BCUT2D eigenvalue weighted by atomic mass is 32.2. The highest BCUT2D eigenvalue weighted by molar-refractivity contribution is 8.00. The SMILES string of the molecule is Cc1occc1-c1nnc(SCCS(=O)(=O)c2ccccc2)o1. The second-order valence-electron chi connectivity index (χ2n) is 4.74. The van der Waals surface area contributed by atoms with Crippen LogP contribution in [0.1, 0.15) is 5.76 Å². The Balaban J connectivity index is 1.62. The Kier molecular flexibility index (Phi) is 4.53. The first-order chi connectivity index (χ1) is 11.1. The molecule has 0 unspecified atom stereocenters. The number of aryl methyl sites for hydroxylation is 1. The van der Waals surface area contributed by atoms with Gasteiger partial charge in [0.1, 0.15) is 5.76 Å². The summed E-state index contributed by atoms with van der Waals surface area (Å²) in [4.78, 5) is 0.320. The largest absolute Gasteiger partial charge is 0.469 e. The summed E-state index contributed by atoms with van der Waals surface area (Å²) in [6.07, 6.45) is 1.55. The van der Waals surface area contributed by atoms with E-state index in [0.29, 0.717) is 27.5 Å². The van der Waals surface area contributed by atoms with Crippen LogP contribution in [0.25, 0.3) is 11.5 Å². The molecule has 23 heavy (non-hydrogen) atoms. The molecule has 0 fully saturated rings. The second kappa shape index (κ2) is 6.59. The lowest BCUT2D eigenvalue weighted by atomic mass is 10.3. The van der Waals surface area contributed by atoms with Gasteiger partial charge in [-0.25, -0.2) is 8.42 Å². The van der Waals surface area contributed by atoms with Gasteiger partial charge in [-0.1, -0.05) is 30.0 Å². The minimum Gasteiger partial charge on any atom is -0.469 e. The zero-order chi connectivity index (χ0) is 16.3. The van der Waals surface area contributed by atoms with Crippen LogP contribution in [0.5, 0.6) is 0 Å². The number of benzene rings is 1. The minimum absolute atomic E-state index is 0.00410. The Morgan fingerprint density at radius 2 is 1.91 bits per heavy atom. The van der Waals surface area contributed by atoms with E-state index in [9.17, 15) is 8.42 Å². The van der Waals surface area contributed by atoms with Crippen LogP contribution in [0.15, 0.2) is 61.6 Å². The number of thioether (sulfide) groups is 1. The fourth-order valence-corrected chi connectivity index (χ4v) is 4.40. The molecule has 2 aromatic heterocycles. The van der Waals surface area contributed by atoms with Crippen LogP contribution in [-0.4, -0.2) is 30.1 Å². The van der Waals surface area contributed by atoms with Crippen molar-refractivity contribution in [2.45, 2.75) is 17.0 Å². The normalized spacial score (nSPS) is 11.7. The summed E-state index contributed by atoms with van der Waals surface area (Å²) in [7, 11) is -3.30. The molecule has 0 spiro atoms. The van der Waals surface area contributed by atoms with Gasteiger partial charge in [0, 0.05) is 5.75 Å². The lowest BCUT2D eigenvalue weighted by Crippen LogP contribution is -2.08. The number of hydrogen-bond donors (Lipinski definition) is 0. The van der Waals surface area contributed by atoms with Gasteiger partial charge in [-0.05, 0) is 25.1 Å². The Morgan fingerprint density at radius 3 is 2.61 bits per heavy atom. The molecule has 0 amide bonds. The minimum atomic E-state index is -3.30. The Hall–Kier alpha value is -2.06. The average Bonchev–Trinajstić information content (AvgIpc) is 3.17. The number of aromatic nitrogens is 2. The van der Waals surface area contributed by atoms with Gasteiger partial charge in [0.15, 0.2) is 9.84 Å². The topological polar surface area (TPSA) is 86.2 Å². The first kappa shape index (κ1) is 15.8. The van der Waals surface area contributed by atoms with Gasteiger partial charge < -0.3 is 8.83 Å². The molecule has 120 valence electrons. The quantitative estimate of drug-likeness (QED) is 0.631. The fourth-order valence-electron chi connectivity index (χ4n) is 1.97. The number of nitrogens with zero attached hydrogens (tertiary/aromatic N) is 2. The van der Waals surface area contributed by atoms with Crippen LogP contribution in [0, 0.1) is 6.92 Å². The van der Waals surface area contributed by atoms with Gasteiger partial charge >= 0.3 is 0 Å². The zero-order valence-corrected chi connectivity index (χ0v) is 13.9. The number of hydrogen-bond acceptors (Lipinski definition) is 7. The van der Waals surface area contributed by atoms with Crippen LogP contribution in [0.3, 0.4) is 0 Å². The van der Waals surface area contributed by atoms with E-state index in [1.807, 2.05) is 0 Å². The van der Waals surface area contributed by atoms with Crippen molar-refractivity contribution in [2.75, 3.05) is 11.5 Å². The Labute approximate surface area is 137 Å². The Bertz CT molecular complexity index is 885. The lowest BCUT2D eigenvalue weighted by Gasteiger charge is -2.02. The van der Waals surface area contributed by atoms with Crippen molar-refractivity contribution in [3.63, 3.8) is 0 Å². The number of sulfone groups is 1. The molecule has 0 aliphatic heterocycles. The first-order valence-corrected chi connectivity index (χ1v) is 9.48. The highest BCUT2D eigenvalue weighted by Crippen LogP contribution is 2.26. The molecule has 0 saturated carbocycles. The summed E-state index contributed by atoms with van der Waals surface area (Å²) in [6, 6.07) is 10.1. The monoisotopic (exact) mass is 350 g/mol. The van der Waals surface area contributed by atoms with Crippen LogP contribution < -0.4 is 0 Å². The maximum atomic E-state index is 12.2. The molecule has 8 heteroatoms. The van der Waals surface area contributed by atoms with Gasteiger partial charge in [-0.15, -0.1) is 10.2 Å². The standard InChI is InChI=1S/C15H14N2O4S2/c1-11-13(7-8-20-11)14-16-17-15(21-14)22-9-10-23(18,19)12-5-3-2-4-6-12/h2-8H,9-10H2,1H3. The predicted molar refractivity (Wildman–Crippen MR) is 86.0 cm³/mol. The molecule has 0 saturated heterocycles. The van der Waals surface area contributed by atoms with Crippen molar-refractivity contribution in [3.8, 4) is 11.5 Å². The van der Waals surface area contributed by atoms with Gasteiger partial charge in [0.25, 0.3) is 11.1 Å². The number of furan rings is 1. The van der Waals surface area contributed by atoms with Crippen molar-refractivity contribution in [3.05, 3.63) is 48.4 Å². The van der Waals surface area contributed by atoms with Crippen LogP contribution >= 0.6 is 11.8 Å². The maximum absolute atomic E-state index is 12.2. The highest BCUT2D eigenvalue weighted by Gasteiger charge is 2.16. The van der Waals surface area contributed by atoms with Gasteiger partial charge in [-0.2, -0.15) is 0 Å². The van der Waals surface area contributed by atoms with Gasteiger partial charge in [0.05, 0.1) is 22.5 Å². The maximum Gasteiger partial charge on any atom is 0.276 e. The van der Waals surface area contributed by atoms with Gasteiger partial charge in [-0.3, -0.25) is 0 Å².